The standard InChI is InChI=1S/C28H30FN5O4/c1-28(2,3)30-27(36)26(18-14-21(37-4)16-22(15-18)38-5)34(20-12-10-19(29)11-13-20)25(35)17-33-24-9-7-6-8-23(24)31-32-33/h6-16,26H,17H2,1-5H3,(H,30,36)/t26-/m1/s1. The highest BCUT2D eigenvalue weighted by Gasteiger charge is 2.35. The van der Waals surface area contributed by atoms with Crippen LogP contribution < -0.4 is 19.7 Å². The summed E-state index contributed by atoms with van der Waals surface area (Å²) in [6.45, 7) is 5.33. The molecule has 1 aromatic heterocycles. The van der Waals surface area contributed by atoms with Gasteiger partial charge in [-0.3, -0.25) is 14.5 Å². The lowest BCUT2D eigenvalue weighted by atomic mass is 10.00. The number of benzene rings is 3. The zero-order valence-electron chi connectivity index (χ0n) is 21.9. The SMILES string of the molecule is COc1cc(OC)cc([C@H](C(=O)NC(C)(C)C)N(C(=O)Cn2nnc3ccccc32)c2ccc(F)cc2)c1. The predicted molar refractivity (Wildman–Crippen MR) is 142 cm³/mol. The Bertz CT molecular complexity index is 1420. The number of ether oxygens (including phenoxy) is 2. The van der Waals surface area contributed by atoms with Gasteiger partial charge in [-0.25, -0.2) is 9.07 Å². The van der Waals surface area contributed by atoms with Crippen LogP contribution in [0, 0.1) is 5.82 Å². The fourth-order valence-electron chi connectivity index (χ4n) is 4.12. The Morgan fingerprint density at radius 1 is 1.00 bits per heavy atom. The van der Waals surface area contributed by atoms with Crippen molar-refractivity contribution < 1.29 is 23.5 Å². The Morgan fingerprint density at radius 3 is 2.24 bits per heavy atom. The van der Waals surface area contributed by atoms with E-state index in [-0.39, 0.29) is 6.54 Å². The third kappa shape index (κ3) is 5.91. The van der Waals surface area contributed by atoms with Crippen molar-refractivity contribution in [1.29, 1.82) is 0 Å². The molecule has 1 N–H and O–H groups in total. The summed E-state index contributed by atoms with van der Waals surface area (Å²) in [4.78, 5) is 29.2. The lowest BCUT2D eigenvalue weighted by Crippen LogP contribution is -2.50. The average Bonchev–Trinajstić information content (AvgIpc) is 3.29. The van der Waals surface area contributed by atoms with Gasteiger partial charge in [0, 0.05) is 17.3 Å². The van der Waals surface area contributed by atoms with Crippen molar-refractivity contribution in [2.75, 3.05) is 19.1 Å². The van der Waals surface area contributed by atoms with Crippen molar-refractivity contribution in [2.24, 2.45) is 0 Å². The van der Waals surface area contributed by atoms with E-state index in [2.05, 4.69) is 15.6 Å². The molecule has 9 nitrogen and oxygen atoms in total. The number of hydrogen-bond acceptors (Lipinski definition) is 6. The normalized spacial score (nSPS) is 12.2. The van der Waals surface area contributed by atoms with Crippen molar-refractivity contribution >= 4 is 28.5 Å². The average molecular weight is 520 g/mol. The van der Waals surface area contributed by atoms with Crippen LogP contribution in [0.1, 0.15) is 32.4 Å². The van der Waals surface area contributed by atoms with Gasteiger partial charge < -0.3 is 14.8 Å². The topological polar surface area (TPSA) is 98.6 Å². The Hall–Kier alpha value is -4.47. The summed E-state index contributed by atoms with van der Waals surface area (Å²) in [5.74, 6) is -0.470. The molecule has 0 spiro atoms. The molecule has 1 heterocycles. The second-order valence-corrected chi connectivity index (χ2v) is 9.76. The maximum atomic E-state index is 14.0. The largest absolute Gasteiger partial charge is 0.497 e. The first kappa shape index (κ1) is 26.6. The minimum atomic E-state index is -1.15. The van der Waals surface area contributed by atoms with E-state index < -0.39 is 29.2 Å². The van der Waals surface area contributed by atoms with Gasteiger partial charge in [0.25, 0.3) is 0 Å². The number of halogens is 1. The van der Waals surface area contributed by atoms with Crippen LogP contribution in [0.5, 0.6) is 11.5 Å². The second kappa shape index (κ2) is 10.9. The van der Waals surface area contributed by atoms with E-state index in [1.54, 1.807) is 24.3 Å². The van der Waals surface area contributed by atoms with Crippen LogP contribution in [-0.4, -0.2) is 46.6 Å². The quantitative estimate of drug-likeness (QED) is 0.373. The van der Waals surface area contributed by atoms with Gasteiger partial charge in [-0.15, -0.1) is 5.10 Å². The summed E-state index contributed by atoms with van der Waals surface area (Å²) in [5, 5.41) is 11.2. The van der Waals surface area contributed by atoms with Gasteiger partial charge in [-0.1, -0.05) is 17.3 Å². The van der Waals surface area contributed by atoms with Gasteiger partial charge in [0.15, 0.2) is 0 Å². The molecular formula is C28H30FN5O4. The highest BCUT2D eigenvalue weighted by Crippen LogP contribution is 2.34. The van der Waals surface area contributed by atoms with Gasteiger partial charge >= 0.3 is 0 Å². The number of fused-ring (bicyclic) bond motifs is 1. The molecule has 38 heavy (non-hydrogen) atoms. The summed E-state index contributed by atoms with van der Waals surface area (Å²) in [6, 6.07) is 16.5. The third-order valence-corrected chi connectivity index (χ3v) is 5.77. The number of para-hydroxylation sites is 1. The summed E-state index contributed by atoms with van der Waals surface area (Å²) in [6.07, 6.45) is 0. The van der Waals surface area contributed by atoms with Crippen molar-refractivity contribution in [3.8, 4) is 11.5 Å². The lowest BCUT2D eigenvalue weighted by molar-refractivity contribution is -0.128. The molecule has 0 aliphatic carbocycles. The van der Waals surface area contributed by atoms with Gasteiger partial charge in [-0.05, 0) is 74.9 Å². The molecule has 3 aromatic carbocycles. The number of carbonyl (C=O) groups excluding carboxylic acids is 2. The summed E-state index contributed by atoms with van der Waals surface area (Å²) in [7, 11) is 3.00. The van der Waals surface area contributed by atoms with Gasteiger partial charge in [0.05, 0.1) is 19.7 Å². The fraction of sp³-hybridized carbons (Fsp3) is 0.286. The molecule has 198 valence electrons. The van der Waals surface area contributed by atoms with E-state index in [9.17, 15) is 14.0 Å². The molecule has 2 amide bonds. The molecule has 0 saturated heterocycles. The molecular weight excluding hydrogens is 489 g/mol. The molecule has 4 rings (SSSR count). The van der Waals surface area contributed by atoms with Crippen LogP contribution in [0.15, 0.2) is 66.7 Å². The Labute approximate surface area is 220 Å². The maximum Gasteiger partial charge on any atom is 0.249 e. The number of rotatable bonds is 8. The number of carbonyl (C=O) groups is 2. The molecule has 0 unspecified atom stereocenters. The van der Waals surface area contributed by atoms with E-state index in [1.165, 1.54) is 48.1 Å². The molecule has 1 atom stereocenters. The molecule has 0 radical (unpaired) electrons. The van der Waals surface area contributed by atoms with Crippen LogP contribution in [0.3, 0.4) is 0 Å². The Kier molecular flexibility index (Phi) is 7.61. The monoisotopic (exact) mass is 519 g/mol. The van der Waals surface area contributed by atoms with E-state index in [0.29, 0.717) is 33.8 Å². The van der Waals surface area contributed by atoms with Crippen LogP contribution in [0.2, 0.25) is 0 Å². The van der Waals surface area contributed by atoms with E-state index >= 15 is 0 Å². The van der Waals surface area contributed by atoms with Crippen molar-refractivity contribution in [1.82, 2.24) is 20.3 Å². The van der Waals surface area contributed by atoms with Crippen LogP contribution in [-0.2, 0) is 16.1 Å². The van der Waals surface area contributed by atoms with Crippen molar-refractivity contribution in [2.45, 2.75) is 38.9 Å². The zero-order chi connectivity index (χ0) is 27.4. The van der Waals surface area contributed by atoms with Crippen LogP contribution >= 0.6 is 0 Å². The van der Waals surface area contributed by atoms with Gasteiger partial charge in [0.1, 0.15) is 35.4 Å². The predicted octanol–water partition coefficient (Wildman–Crippen LogP) is 4.28. The van der Waals surface area contributed by atoms with E-state index in [1.807, 2.05) is 39.0 Å². The number of anilines is 1. The molecule has 4 aromatic rings. The molecule has 0 saturated carbocycles. The van der Waals surface area contributed by atoms with Crippen LogP contribution in [0.25, 0.3) is 11.0 Å². The first-order valence-corrected chi connectivity index (χ1v) is 12.0. The first-order chi connectivity index (χ1) is 18.1. The number of hydrogen-bond donors (Lipinski definition) is 1. The summed E-state index contributed by atoms with van der Waals surface area (Å²) >= 11 is 0. The number of amides is 2. The Morgan fingerprint density at radius 2 is 1.63 bits per heavy atom. The third-order valence-electron chi connectivity index (χ3n) is 5.77. The fourth-order valence-corrected chi connectivity index (χ4v) is 4.12. The number of nitrogens with one attached hydrogen (secondary N) is 1. The molecule has 0 aliphatic heterocycles. The molecule has 0 bridgehead atoms. The molecule has 0 aliphatic rings. The zero-order valence-corrected chi connectivity index (χ0v) is 21.9. The smallest absolute Gasteiger partial charge is 0.249 e. The van der Waals surface area contributed by atoms with Crippen molar-refractivity contribution in [3.63, 3.8) is 0 Å². The van der Waals surface area contributed by atoms with Crippen molar-refractivity contribution in [3.05, 3.63) is 78.1 Å². The highest BCUT2D eigenvalue weighted by atomic mass is 19.1. The highest BCUT2D eigenvalue weighted by molar-refractivity contribution is 6.01. The lowest BCUT2D eigenvalue weighted by Gasteiger charge is -2.34. The molecule has 10 heteroatoms. The first-order valence-electron chi connectivity index (χ1n) is 12.0. The Balaban J connectivity index is 1.87. The number of nitrogens with zero attached hydrogens (tertiary/aromatic N) is 4. The number of methoxy groups -OCH3 is 2. The minimum absolute atomic E-state index is 0.210. The molecule has 0 fully saturated rings. The van der Waals surface area contributed by atoms with Crippen LogP contribution in [0.4, 0.5) is 10.1 Å². The summed E-state index contributed by atoms with van der Waals surface area (Å²) < 4.78 is 26.2. The van der Waals surface area contributed by atoms with Gasteiger partial charge in [0.2, 0.25) is 11.8 Å². The van der Waals surface area contributed by atoms with E-state index in [0.717, 1.165) is 0 Å². The van der Waals surface area contributed by atoms with E-state index in [4.69, 9.17) is 9.47 Å². The van der Waals surface area contributed by atoms with Gasteiger partial charge in [-0.2, -0.15) is 0 Å². The second-order valence-electron chi connectivity index (χ2n) is 9.76. The maximum absolute atomic E-state index is 14.0. The number of aromatic nitrogens is 3. The minimum Gasteiger partial charge on any atom is -0.497 e. The summed E-state index contributed by atoms with van der Waals surface area (Å²) in [5.41, 5.74) is 1.48.